The van der Waals surface area contributed by atoms with E-state index >= 15 is 0 Å². The number of carbonyl (C=O) groups excluding carboxylic acids is 2. The lowest BCUT2D eigenvalue weighted by Crippen LogP contribution is -2.39. The smallest absolute Gasteiger partial charge is 0.319 e. The topological polar surface area (TPSA) is 90.9 Å². The Kier molecular flexibility index (Phi) is 6.58. The first-order chi connectivity index (χ1) is 8.05. The first-order valence-electron chi connectivity index (χ1n) is 5.47. The molecular formula is C12H16N2O3. The van der Waals surface area contributed by atoms with Gasteiger partial charge in [0.25, 0.3) is 0 Å². The number of nitriles is 2. The van der Waals surface area contributed by atoms with Gasteiger partial charge in [0.2, 0.25) is 0 Å². The number of ketones is 1. The van der Waals surface area contributed by atoms with Crippen molar-refractivity contribution in [2.24, 2.45) is 5.41 Å². The zero-order chi connectivity index (χ0) is 13.3. The lowest BCUT2D eigenvalue weighted by molar-refractivity contribution is -0.160. The summed E-state index contributed by atoms with van der Waals surface area (Å²) < 4.78 is 4.88. The second-order valence-corrected chi connectivity index (χ2v) is 3.67. The van der Waals surface area contributed by atoms with E-state index in [0.717, 1.165) is 0 Å². The standard InChI is InChI=1S/C12H16N2O3/c1-3-17-11(16)12(10(2)15,6-4-8-13)7-5-9-14/h3-7H2,1-2H3. The fraction of sp³-hybridized carbons (Fsp3) is 0.667. The number of nitrogens with zero attached hydrogens (tertiary/aromatic N) is 2. The van der Waals surface area contributed by atoms with Gasteiger partial charge in [-0.3, -0.25) is 9.59 Å². The molecule has 0 unspecified atom stereocenters. The van der Waals surface area contributed by atoms with Gasteiger partial charge in [0.05, 0.1) is 18.7 Å². The summed E-state index contributed by atoms with van der Waals surface area (Å²) in [5, 5.41) is 17.1. The highest BCUT2D eigenvalue weighted by Gasteiger charge is 2.43. The molecule has 0 heterocycles. The second kappa shape index (κ2) is 7.40. The van der Waals surface area contributed by atoms with Crippen LogP contribution in [0.4, 0.5) is 0 Å². The number of Topliss-reactive ketones (excluding diaryl/α,β-unsaturated/α-hetero) is 1. The van der Waals surface area contributed by atoms with Gasteiger partial charge in [0.15, 0.2) is 0 Å². The molecule has 17 heavy (non-hydrogen) atoms. The molecular weight excluding hydrogens is 220 g/mol. The third-order valence-corrected chi connectivity index (χ3v) is 2.67. The van der Waals surface area contributed by atoms with Crippen molar-refractivity contribution in [2.75, 3.05) is 6.61 Å². The van der Waals surface area contributed by atoms with E-state index in [4.69, 9.17) is 15.3 Å². The van der Waals surface area contributed by atoms with E-state index in [2.05, 4.69) is 0 Å². The van der Waals surface area contributed by atoms with Crippen molar-refractivity contribution >= 4 is 11.8 Å². The number of esters is 1. The minimum absolute atomic E-state index is 0.0871. The molecule has 0 rings (SSSR count). The highest BCUT2D eigenvalue weighted by atomic mass is 16.5. The van der Waals surface area contributed by atoms with Crippen LogP contribution in [0.25, 0.3) is 0 Å². The lowest BCUT2D eigenvalue weighted by Gasteiger charge is -2.27. The van der Waals surface area contributed by atoms with Crippen LogP contribution < -0.4 is 0 Å². The largest absolute Gasteiger partial charge is 0.465 e. The molecule has 92 valence electrons. The van der Waals surface area contributed by atoms with Crippen LogP contribution in [0.2, 0.25) is 0 Å². The van der Waals surface area contributed by atoms with Gasteiger partial charge < -0.3 is 4.74 Å². The minimum Gasteiger partial charge on any atom is -0.465 e. The Balaban J connectivity index is 5.10. The van der Waals surface area contributed by atoms with Crippen molar-refractivity contribution < 1.29 is 14.3 Å². The van der Waals surface area contributed by atoms with Crippen molar-refractivity contribution in [3.8, 4) is 12.1 Å². The summed E-state index contributed by atoms with van der Waals surface area (Å²) in [6.45, 7) is 3.12. The van der Waals surface area contributed by atoms with Crippen LogP contribution in [0.3, 0.4) is 0 Å². The average Bonchev–Trinajstić information content (AvgIpc) is 2.29. The summed E-state index contributed by atoms with van der Waals surface area (Å²) in [5.41, 5.74) is -1.33. The maximum absolute atomic E-state index is 11.9. The number of rotatable bonds is 7. The van der Waals surface area contributed by atoms with E-state index < -0.39 is 11.4 Å². The highest BCUT2D eigenvalue weighted by molar-refractivity contribution is 6.02. The SMILES string of the molecule is CCOC(=O)C(CCC#N)(CCC#N)C(C)=O. The summed E-state index contributed by atoms with van der Waals surface area (Å²) in [6, 6.07) is 3.82. The van der Waals surface area contributed by atoms with Crippen LogP contribution in [0.5, 0.6) is 0 Å². The Morgan fingerprint density at radius 1 is 1.18 bits per heavy atom. The quantitative estimate of drug-likeness (QED) is 0.496. The molecule has 0 aromatic rings. The predicted octanol–water partition coefficient (Wildman–Crippen LogP) is 1.73. The fourth-order valence-electron chi connectivity index (χ4n) is 1.63. The molecule has 0 aromatic heterocycles. The molecule has 5 nitrogen and oxygen atoms in total. The summed E-state index contributed by atoms with van der Waals surface area (Å²) in [5.74, 6) is -0.973. The Morgan fingerprint density at radius 3 is 1.94 bits per heavy atom. The summed E-state index contributed by atoms with van der Waals surface area (Å²) in [4.78, 5) is 23.5. The van der Waals surface area contributed by atoms with E-state index in [1.807, 2.05) is 12.1 Å². The summed E-state index contributed by atoms with van der Waals surface area (Å²) >= 11 is 0. The molecule has 0 spiro atoms. The molecule has 0 saturated carbocycles. The fourth-order valence-corrected chi connectivity index (χ4v) is 1.63. The molecule has 0 bridgehead atoms. The van der Waals surface area contributed by atoms with E-state index in [1.165, 1.54) is 6.92 Å². The lowest BCUT2D eigenvalue weighted by atomic mass is 9.76. The van der Waals surface area contributed by atoms with Gasteiger partial charge in [-0.25, -0.2) is 0 Å². The van der Waals surface area contributed by atoms with E-state index in [9.17, 15) is 9.59 Å². The van der Waals surface area contributed by atoms with Crippen LogP contribution in [0, 0.1) is 28.1 Å². The van der Waals surface area contributed by atoms with Crippen LogP contribution in [0.1, 0.15) is 39.5 Å². The summed E-state index contributed by atoms with van der Waals surface area (Å²) in [6.07, 6.45) is 0.395. The van der Waals surface area contributed by atoms with Gasteiger partial charge in [-0.1, -0.05) is 0 Å². The van der Waals surface area contributed by atoms with Crippen molar-refractivity contribution in [1.29, 1.82) is 10.5 Å². The van der Waals surface area contributed by atoms with Gasteiger partial charge in [-0.2, -0.15) is 10.5 Å². The van der Waals surface area contributed by atoms with E-state index in [-0.39, 0.29) is 38.1 Å². The Labute approximate surface area is 101 Å². The van der Waals surface area contributed by atoms with Crippen LogP contribution in [0.15, 0.2) is 0 Å². The molecule has 5 heteroatoms. The van der Waals surface area contributed by atoms with Crippen LogP contribution in [-0.4, -0.2) is 18.4 Å². The van der Waals surface area contributed by atoms with E-state index in [0.29, 0.717) is 0 Å². The normalized spacial score (nSPS) is 10.1. The maximum atomic E-state index is 11.9. The molecule has 0 atom stereocenters. The first kappa shape index (κ1) is 15.1. The molecule has 0 radical (unpaired) electrons. The molecule has 0 saturated heterocycles. The van der Waals surface area contributed by atoms with Gasteiger partial charge in [-0.05, 0) is 26.7 Å². The van der Waals surface area contributed by atoms with Crippen molar-refractivity contribution in [3.63, 3.8) is 0 Å². The predicted molar refractivity (Wildman–Crippen MR) is 59.4 cm³/mol. The van der Waals surface area contributed by atoms with Crippen molar-refractivity contribution in [2.45, 2.75) is 39.5 Å². The highest BCUT2D eigenvalue weighted by Crippen LogP contribution is 2.32. The number of hydrogen-bond donors (Lipinski definition) is 0. The third kappa shape index (κ3) is 3.88. The van der Waals surface area contributed by atoms with E-state index in [1.54, 1.807) is 6.92 Å². The van der Waals surface area contributed by atoms with Crippen molar-refractivity contribution in [3.05, 3.63) is 0 Å². The Hall–Kier alpha value is -1.88. The van der Waals surface area contributed by atoms with Gasteiger partial charge in [-0.15, -0.1) is 0 Å². The third-order valence-electron chi connectivity index (χ3n) is 2.67. The zero-order valence-electron chi connectivity index (χ0n) is 10.2. The Bertz CT molecular complexity index is 345. The molecule has 0 N–H and O–H groups in total. The van der Waals surface area contributed by atoms with Gasteiger partial charge in [0.1, 0.15) is 11.2 Å². The molecule has 0 aliphatic rings. The monoisotopic (exact) mass is 236 g/mol. The van der Waals surface area contributed by atoms with Gasteiger partial charge >= 0.3 is 5.97 Å². The van der Waals surface area contributed by atoms with Crippen LogP contribution >= 0.6 is 0 Å². The first-order valence-corrected chi connectivity index (χ1v) is 5.47. The number of ether oxygens (including phenoxy) is 1. The molecule has 0 amide bonds. The second-order valence-electron chi connectivity index (χ2n) is 3.67. The minimum atomic E-state index is -1.33. The molecule has 0 aliphatic heterocycles. The van der Waals surface area contributed by atoms with Gasteiger partial charge in [0, 0.05) is 12.8 Å². The molecule has 0 aliphatic carbocycles. The maximum Gasteiger partial charge on any atom is 0.319 e. The number of hydrogen-bond acceptors (Lipinski definition) is 5. The molecule has 0 fully saturated rings. The zero-order valence-corrected chi connectivity index (χ0v) is 10.2. The summed E-state index contributed by atoms with van der Waals surface area (Å²) in [7, 11) is 0. The van der Waals surface area contributed by atoms with Crippen LogP contribution in [-0.2, 0) is 14.3 Å². The van der Waals surface area contributed by atoms with Crippen molar-refractivity contribution in [1.82, 2.24) is 0 Å². The Morgan fingerprint density at radius 2 is 1.65 bits per heavy atom. The average molecular weight is 236 g/mol. The number of carbonyl (C=O) groups is 2. The molecule has 0 aromatic carbocycles.